The number of hydrogen-bond acceptors (Lipinski definition) is 5. The molecule has 0 bridgehead atoms. The number of thiophene rings is 1. The van der Waals surface area contributed by atoms with E-state index < -0.39 is 17.8 Å². The number of fused-ring (bicyclic) bond motifs is 1. The highest BCUT2D eigenvalue weighted by molar-refractivity contribution is 7.08. The Labute approximate surface area is 162 Å². The molecule has 9 heteroatoms. The van der Waals surface area contributed by atoms with E-state index in [0.29, 0.717) is 11.6 Å². The number of aliphatic imine (C=N–C) groups is 1. The zero-order valence-corrected chi connectivity index (χ0v) is 15.4. The molecule has 3 N–H and O–H groups in total. The summed E-state index contributed by atoms with van der Waals surface area (Å²) in [5.74, 6) is -0.905. The van der Waals surface area contributed by atoms with Crippen LogP contribution >= 0.6 is 11.3 Å². The first-order chi connectivity index (χ1) is 13.3. The highest BCUT2D eigenvalue weighted by atomic mass is 32.1. The van der Waals surface area contributed by atoms with Gasteiger partial charge < -0.3 is 11.1 Å². The molecule has 1 aromatic carbocycles. The molecule has 0 fully saturated rings. The number of nitrogens with two attached hydrogens (primary N) is 1. The molecule has 5 nitrogen and oxygen atoms in total. The van der Waals surface area contributed by atoms with Crippen LogP contribution in [0.1, 0.15) is 10.4 Å². The first-order valence-electron chi connectivity index (χ1n) is 8.03. The van der Waals surface area contributed by atoms with Gasteiger partial charge in [-0.05, 0) is 40.6 Å². The number of amidine groups is 1. The lowest BCUT2D eigenvalue weighted by molar-refractivity contribution is -0.0925. The molecule has 0 atom stereocenters. The van der Waals surface area contributed by atoms with E-state index in [0.717, 1.165) is 16.5 Å². The summed E-state index contributed by atoms with van der Waals surface area (Å²) in [6, 6.07) is 8.81. The summed E-state index contributed by atoms with van der Waals surface area (Å²) < 4.78 is 37.6. The van der Waals surface area contributed by atoms with Crippen LogP contribution < -0.4 is 11.1 Å². The Morgan fingerprint density at radius 1 is 1.25 bits per heavy atom. The van der Waals surface area contributed by atoms with Gasteiger partial charge in [-0.15, -0.1) is 0 Å². The molecule has 0 unspecified atom stereocenters. The molecule has 0 aliphatic rings. The summed E-state index contributed by atoms with van der Waals surface area (Å²) in [7, 11) is 1.25. The van der Waals surface area contributed by atoms with E-state index in [9.17, 15) is 18.0 Å². The van der Waals surface area contributed by atoms with Gasteiger partial charge in [0.15, 0.2) is 0 Å². The van der Waals surface area contributed by atoms with E-state index in [1.54, 1.807) is 35.7 Å². The van der Waals surface area contributed by atoms with Crippen LogP contribution in [0.4, 0.5) is 13.2 Å². The maximum atomic E-state index is 12.5. The van der Waals surface area contributed by atoms with Gasteiger partial charge >= 0.3 is 6.18 Å². The van der Waals surface area contributed by atoms with Crippen LogP contribution in [0, 0.1) is 0 Å². The molecule has 0 aliphatic carbocycles. The third kappa shape index (κ3) is 4.37. The van der Waals surface area contributed by atoms with Crippen molar-refractivity contribution in [3.8, 4) is 11.1 Å². The van der Waals surface area contributed by atoms with Crippen molar-refractivity contribution in [2.24, 2.45) is 10.7 Å². The van der Waals surface area contributed by atoms with Crippen molar-refractivity contribution in [3.63, 3.8) is 0 Å². The second-order valence-corrected chi connectivity index (χ2v) is 6.58. The van der Waals surface area contributed by atoms with Gasteiger partial charge in [0, 0.05) is 35.8 Å². The average molecular weight is 404 g/mol. The Hall–Kier alpha value is -3.20. The molecule has 144 valence electrons. The number of amides is 1. The van der Waals surface area contributed by atoms with E-state index in [1.165, 1.54) is 7.05 Å². The number of carbonyl (C=O) groups is 1. The number of halogens is 3. The van der Waals surface area contributed by atoms with Crippen molar-refractivity contribution in [1.82, 2.24) is 10.3 Å². The number of rotatable bonds is 3. The summed E-state index contributed by atoms with van der Waals surface area (Å²) in [4.78, 5) is 20.4. The fourth-order valence-electron chi connectivity index (χ4n) is 2.42. The number of hydrogen-bond donors (Lipinski definition) is 2. The Bertz CT molecular complexity index is 1070. The molecule has 0 aliphatic heterocycles. The minimum Gasteiger partial charge on any atom is -0.395 e. The molecule has 0 saturated carbocycles. The Morgan fingerprint density at radius 3 is 2.68 bits per heavy atom. The van der Waals surface area contributed by atoms with E-state index >= 15 is 0 Å². The second kappa shape index (κ2) is 7.81. The summed E-state index contributed by atoms with van der Waals surface area (Å²) in [5.41, 5.74) is 6.45. The third-order valence-corrected chi connectivity index (χ3v) is 4.59. The average Bonchev–Trinajstić information content (AvgIpc) is 3.20. The zero-order chi connectivity index (χ0) is 20.3. The summed E-state index contributed by atoms with van der Waals surface area (Å²) in [6.07, 6.45) is -2.42. The van der Waals surface area contributed by atoms with Gasteiger partial charge in [0.1, 0.15) is 11.5 Å². The fourth-order valence-corrected chi connectivity index (χ4v) is 3.09. The predicted molar refractivity (Wildman–Crippen MR) is 104 cm³/mol. The number of pyridine rings is 1. The van der Waals surface area contributed by atoms with Gasteiger partial charge in [0.25, 0.3) is 5.91 Å². The number of aromatic nitrogens is 1. The summed E-state index contributed by atoms with van der Waals surface area (Å²) in [6.45, 7) is 0. The van der Waals surface area contributed by atoms with Crippen LogP contribution in [-0.4, -0.2) is 30.0 Å². The van der Waals surface area contributed by atoms with Crippen molar-refractivity contribution in [2.75, 3.05) is 7.05 Å². The van der Waals surface area contributed by atoms with Crippen LogP contribution in [0.25, 0.3) is 22.0 Å². The van der Waals surface area contributed by atoms with Gasteiger partial charge in [-0.1, -0.05) is 6.07 Å². The van der Waals surface area contributed by atoms with Crippen molar-refractivity contribution >= 4 is 34.0 Å². The molecule has 3 rings (SSSR count). The van der Waals surface area contributed by atoms with E-state index in [4.69, 9.17) is 5.73 Å². The standard InChI is InChI=1S/C19H15F3N4OS/c1-24-17(8-16(23)19(20,21)22)26-18(27)12-3-2-11-6-14(9-25-15(11)7-12)13-4-5-28-10-13/h2-10H,23H2,1H3,(H,24,26,27). The maximum absolute atomic E-state index is 12.5. The zero-order valence-electron chi connectivity index (χ0n) is 14.6. The quantitative estimate of drug-likeness (QED) is 0.509. The number of carbonyl (C=O) groups excluding carboxylic acids is 1. The first kappa shape index (κ1) is 19.6. The SMILES string of the molecule is CN=C(C=C(N)C(F)(F)F)NC(=O)c1ccc2cc(-c3ccsc3)cnc2c1. The number of benzene rings is 1. The summed E-state index contributed by atoms with van der Waals surface area (Å²) in [5, 5.41) is 7.13. The molecule has 1 amide bonds. The number of nitrogens with one attached hydrogen (secondary N) is 1. The predicted octanol–water partition coefficient (Wildman–Crippen LogP) is 4.13. The minimum atomic E-state index is -4.70. The molecule has 2 aromatic heterocycles. The number of nitrogens with zero attached hydrogens (tertiary/aromatic N) is 2. The van der Waals surface area contributed by atoms with E-state index in [-0.39, 0.29) is 11.4 Å². The third-order valence-electron chi connectivity index (χ3n) is 3.90. The number of alkyl halides is 3. The van der Waals surface area contributed by atoms with Gasteiger partial charge in [-0.2, -0.15) is 24.5 Å². The molecule has 0 spiro atoms. The Morgan fingerprint density at radius 2 is 2.04 bits per heavy atom. The molecular formula is C19H15F3N4OS. The minimum absolute atomic E-state index is 0.239. The highest BCUT2D eigenvalue weighted by Crippen LogP contribution is 2.25. The molecule has 0 radical (unpaired) electrons. The highest BCUT2D eigenvalue weighted by Gasteiger charge is 2.31. The van der Waals surface area contributed by atoms with Crippen LogP contribution in [0.3, 0.4) is 0 Å². The van der Waals surface area contributed by atoms with Gasteiger partial charge in [-0.25, -0.2) is 0 Å². The lowest BCUT2D eigenvalue weighted by atomic mass is 10.1. The normalized spacial score (nSPS) is 13.0. The topological polar surface area (TPSA) is 80.4 Å². The van der Waals surface area contributed by atoms with Crippen LogP contribution in [0.5, 0.6) is 0 Å². The van der Waals surface area contributed by atoms with Crippen molar-refractivity contribution in [2.45, 2.75) is 6.18 Å². The smallest absolute Gasteiger partial charge is 0.395 e. The molecule has 28 heavy (non-hydrogen) atoms. The lowest BCUT2D eigenvalue weighted by Crippen LogP contribution is -2.31. The van der Waals surface area contributed by atoms with Crippen molar-refractivity contribution in [1.29, 1.82) is 0 Å². The van der Waals surface area contributed by atoms with Crippen molar-refractivity contribution in [3.05, 3.63) is 64.6 Å². The van der Waals surface area contributed by atoms with Crippen molar-refractivity contribution < 1.29 is 18.0 Å². The molecular weight excluding hydrogens is 389 g/mol. The van der Waals surface area contributed by atoms with Gasteiger partial charge in [0.2, 0.25) is 0 Å². The summed E-state index contributed by atoms with van der Waals surface area (Å²) >= 11 is 1.58. The van der Waals surface area contributed by atoms with E-state index in [1.807, 2.05) is 22.9 Å². The Balaban J connectivity index is 1.83. The fraction of sp³-hybridized carbons (Fsp3) is 0.105. The Kier molecular flexibility index (Phi) is 5.46. The van der Waals surface area contributed by atoms with Crippen LogP contribution in [0.2, 0.25) is 0 Å². The van der Waals surface area contributed by atoms with Crippen LogP contribution in [-0.2, 0) is 0 Å². The molecule has 3 aromatic rings. The maximum Gasteiger partial charge on any atom is 0.430 e. The van der Waals surface area contributed by atoms with Gasteiger partial charge in [-0.3, -0.25) is 14.8 Å². The van der Waals surface area contributed by atoms with E-state index in [2.05, 4.69) is 15.3 Å². The molecule has 0 saturated heterocycles. The largest absolute Gasteiger partial charge is 0.430 e. The monoisotopic (exact) mass is 404 g/mol. The van der Waals surface area contributed by atoms with Gasteiger partial charge in [0.05, 0.1) is 5.52 Å². The second-order valence-electron chi connectivity index (χ2n) is 5.80. The van der Waals surface area contributed by atoms with Crippen LogP contribution in [0.15, 0.2) is 64.1 Å². The number of allylic oxidation sites excluding steroid dienone is 1. The molecule has 2 heterocycles. The first-order valence-corrected chi connectivity index (χ1v) is 8.97. The lowest BCUT2D eigenvalue weighted by Gasteiger charge is -2.09.